The molecule has 0 saturated heterocycles. The van der Waals surface area contributed by atoms with Crippen molar-refractivity contribution in [3.8, 4) is 0 Å². The number of benzene rings is 1. The van der Waals surface area contributed by atoms with E-state index in [-0.39, 0.29) is 11.9 Å². The van der Waals surface area contributed by atoms with Crippen molar-refractivity contribution in [3.05, 3.63) is 79.0 Å². The van der Waals surface area contributed by atoms with E-state index in [1.807, 2.05) is 18.2 Å². The van der Waals surface area contributed by atoms with E-state index >= 15 is 0 Å². The summed E-state index contributed by atoms with van der Waals surface area (Å²) in [5.41, 5.74) is 3.02. The third-order valence-electron chi connectivity index (χ3n) is 4.44. The highest BCUT2D eigenvalue weighted by Gasteiger charge is 2.31. The lowest BCUT2D eigenvalue weighted by atomic mass is 10.1. The van der Waals surface area contributed by atoms with Crippen LogP contribution in [0.25, 0.3) is 0 Å². The molecule has 1 aliphatic heterocycles. The molecule has 1 unspecified atom stereocenters. The van der Waals surface area contributed by atoms with Crippen LogP contribution in [0.15, 0.2) is 67.9 Å². The summed E-state index contributed by atoms with van der Waals surface area (Å²) in [5, 5.41) is 0. The number of fused-ring (bicyclic) bond motifs is 1. The van der Waals surface area contributed by atoms with E-state index in [1.54, 1.807) is 23.2 Å². The molecule has 0 bridgehead atoms. The topological polar surface area (TPSA) is 36.4 Å². The van der Waals surface area contributed by atoms with Crippen LogP contribution in [0.4, 0.5) is 11.5 Å². The van der Waals surface area contributed by atoms with Gasteiger partial charge in [-0.15, -0.1) is 13.2 Å². The first kappa shape index (κ1) is 17.0. The number of carbonyl (C=O) groups excluding carboxylic acids is 1. The van der Waals surface area contributed by atoms with Gasteiger partial charge in [-0.1, -0.05) is 30.4 Å². The molecule has 0 radical (unpaired) electrons. The number of nitrogens with zero attached hydrogens (tertiary/aromatic N) is 3. The zero-order valence-electron chi connectivity index (χ0n) is 14.6. The molecular weight excluding hydrogens is 310 g/mol. The van der Waals surface area contributed by atoms with Crippen molar-refractivity contribution in [2.75, 3.05) is 18.0 Å². The lowest BCUT2D eigenvalue weighted by Crippen LogP contribution is -2.34. The molecule has 1 amide bonds. The monoisotopic (exact) mass is 333 g/mol. The molecule has 1 aromatic heterocycles. The molecule has 128 valence electrons. The van der Waals surface area contributed by atoms with Crippen molar-refractivity contribution in [2.24, 2.45) is 0 Å². The number of rotatable bonds is 6. The Balaban J connectivity index is 2.03. The number of pyridine rings is 1. The number of amides is 1. The predicted molar refractivity (Wildman–Crippen MR) is 102 cm³/mol. The molecule has 0 spiro atoms. The maximum Gasteiger partial charge on any atom is 0.258 e. The molecule has 0 N–H and O–H groups in total. The Morgan fingerprint density at radius 2 is 1.96 bits per heavy atom. The van der Waals surface area contributed by atoms with Crippen LogP contribution < -0.4 is 4.90 Å². The van der Waals surface area contributed by atoms with Gasteiger partial charge in [-0.25, -0.2) is 4.98 Å². The molecule has 0 saturated carbocycles. The SMILES string of the molecule is C=CCN(CC=C)C(=O)c1cccnc1N1c2ccccc2CC1C. The van der Waals surface area contributed by atoms with Crippen molar-refractivity contribution in [3.63, 3.8) is 0 Å². The highest BCUT2D eigenvalue weighted by molar-refractivity contribution is 6.00. The zero-order chi connectivity index (χ0) is 17.8. The number of anilines is 2. The molecule has 0 aliphatic carbocycles. The third kappa shape index (κ3) is 3.20. The minimum Gasteiger partial charge on any atom is -0.331 e. The zero-order valence-corrected chi connectivity index (χ0v) is 14.6. The number of hydrogen-bond donors (Lipinski definition) is 0. The Morgan fingerprint density at radius 1 is 1.24 bits per heavy atom. The van der Waals surface area contributed by atoms with Crippen LogP contribution in [0.2, 0.25) is 0 Å². The smallest absolute Gasteiger partial charge is 0.258 e. The molecule has 1 atom stereocenters. The highest BCUT2D eigenvalue weighted by Crippen LogP contribution is 2.38. The van der Waals surface area contributed by atoms with E-state index in [0.29, 0.717) is 24.5 Å². The Kier molecular flexibility index (Phi) is 4.98. The minimum atomic E-state index is -0.0560. The molecule has 1 aliphatic rings. The maximum atomic E-state index is 13.1. The first-order valence-electron chi connectivity index (χ1n) is 8.50. The Bertz CT molecular complexity index is 789. The van der Waals surface area contributed by atoms with Crippen LogP contribution >= 0.6 is 0 Å². The van der Waals surface area contributed by atoms with Gasteiger partial charge in [0.2, 0.25) is 0 Å². The summed E-state index contributed by atoms with van der Waals surface area (Å²) >= 11 is 0. The van der Waals surface area contributed by atoms with Gasteiger partial charge in [-0.3, -0.25) is 4.79 Å². The van der Waals surface area contributed by atoms with Gasteiger partial charge in [-0.2, -0.15) is 0 Å². The molecule has 25 heavy (non-hydrogen) atoms. The van der Waals surface area contributed by atoms with Crippen molar-refractivity contribution in [1.82, 2.24) is 9.88 Å². The fourth-order valence-corrected chi connectivity index (χ4v) is 3.37. The van der Waals surface area contributed by atoms with E-state index in [4.69, 9.17) is 0 Å². The molecule has 2 aromatic rings. The normalized spacial score (nSPS) is 15.6. The Labute approximate surface area is 149 Å². The number of carbonyl (C=O) groups is 1. The van der Waals surface area contributed by atoms with E-state index in [2.05, 4.69) is 48.2 Å². The van der Waals surface area contributed by atoms with Crippen LogP contribution in [0.3, 0.4) is 0 Å². The summed E-state index contributed by atoms with van der Waals surface area (Å²) in [7, 11) is 0. The predicted octanol–water partition coefficient (Wildman–Crippen LogP) is 3.98. The Morgan fingerprint density at radius 3 is 2.68 bits per heavy atom. The van der Waals surface area contributed by atoms with Crippen molar-refractivity contribution in [2.45, 2.75) is 19.4 Å². The molecule has 4 nitrogen and oxygen atoms in total. The third-order valence-corrected chi connectivity index (χ3v) is 4.44. The molecule has 1 aromatic carbocycles. The van der Waals surface area contributed by atoms with Crippen LogP contribution in [-0.4, -0.2) is 34.9 Å². The largest absolute Gasteiger partial charge is 0.331 e. The van der Waals surface area contributed by atoms with Gasteiger partial charge < -0.3 is 9.80 Å². The number of aromatic nitrogens is 1. The van der Waals surface area contributed by atoms with E-state index in [1.165, 1.54) is 5.56 Å². The quantitative estimate of drug-likeness (QED) is 0.750. The summed E-state index contributed by atoms with van der Waals surface area (Å²) in [6.07, 6.45) is 6.14. The van der Waals surface area contributed by atoms with E-state index < -0.39 is 0 Å². The summed E-state index contributed by atoms with van der Waals surface area (Å²) in [5.74, 6) is 0.655. The summed E-state index contributed by atoms with van der Waals surface area (Å²) in [6.45, 7) is 10.6. The van der Waals surface area contributed by atoms with Crippen LogP contribution in [0, 0.1) is 0 Å². The maximum absolute atomic E-state index is 13.1. The van der Waals surface area contributed by atoms with Crippen LogP contribution in [-0.2, 0) is 6.42 Å². The Hall–Kier alpha value is -2.88. The first-order valence-corrected chi connectivity index (χ1v) is 8.50. The van der Waals surface area contributed by atoms with Gasteiger partial charge in [0.25, 0.3) is 5.91 Å². The fraction of sp³-hybridized carbons (Fsp3) is 0.238. The van der Waals surface area contributed by atoms with Crippen LogP contribution in [0.5, 0.6) is 0 Å². The van der Waals surface area contributed by atoms with E-state index in [9.17, 15) is 4.79 Å². The second-order valence-electron chi connectivity index (χ2n) is 6.21. The molecule has 4 heteroatoms. The van der Waals surface area contributed by atoms with Crippen molar-refractivity contribution < 1.29 is 4.79 Å². The molecule has 2 heterocycles. The van der Waals surface area contributed by atoms with Gasteiger partial charge in [0.1, 0.15) is 5.82 Å². The second-order valence-corrected chi connectivity index (χ2v) is 6.21. The summed E-state index contributed by atoms with van der Waals surface area (Å²) in [4.78, 5) is 21.5. The second kappa shape index (κ2) is 7.34. The average molecular weight is 333 g/mol. The molecule has 3 rings (SSSR count). The number of hydrogen-bond acceptors (Lipinski definition) is 3. The van der Waals surface area contributed by atoms with Gasteiger partial charge in [0.05, 0.1) is 5.56 Å². The number of para-hydroxylation sites is 1. The summed E-state index contributed by atoms with van der Waals surface area (Å²) in [6, 6.07) is 12.2. The van der Waals surface area contributed by atoms with Gasteiger partial charge in [-0.05, 0) is 37.1 Å². The fourth-order valence-electron chi connectivity index (χ4n) is 3.37. The van der Waals surface area contributed by atoms with Gasteiger partial charge in [0.15, 0.2) is 0 Å². The van der Waals surface area contributed by atoms with Gasteiger partial charge in [0, 0.05) is 31.0 Å². The van der Waals surface area contributed by atoms with Crippen molar-refractivity contribution in [1.29, 1.82) is 0 Å². The first-order chi connectivity index (χ1) is 12.2. The van der Waals surface area contributed by atoms with Gasteiger partial charge >= 0.3 is 0 Å². The molecule has 0 fully saturated rings. The summed E-state index contributed by atoms with van der Waals surface area (Å²) < 4.78 is 0. The molecular formula is C21H23N3O. The van der Waals surface area contributed by atoms with Crippen LogP contribution in [0.1, 0.15) is 22.8 Å². The lowest BCUT2D eigenvalue weighted by molar-refractivity contribution is 0.0791. The van der Waals surface area contributed by atoms with E-state index in [0.717, 1.165) is 12.1 Å². The lowest BCUT2D eigenvalue weighted by Gasteiger charge is -2.27. The average Bonchev–Trinajstić information content (AvgIpc) is 2.96. The minimum absolute atomic E-state index is 0.0560. The van der Waals surface area contributed by atoms with Crippen molar-refractivity contribution >= 4 is 17.4 Å². The highest BCUT2D eigenvalue weighted by atomic mass is 16.2. The standard InChI is InChI=1S/C21H23N3O/c1-4-13-23(14-5-2)21(25)18-10-8-12-22-20(18)24-16(3)15-17-9-6-7-11-19(17)24/h4-12,16H,1-2,13-15H2,3H3.